The average Bonchev–Trinajstić information content (AvgIpc) is 3.32. The van der Waals surface area contributed by atoms with E-state index >= 15 is 0 Å². The lowest BCUT2D eigenvalue weighted by Crippen LogP contribution is -2.48. The van der Waals surface area contributed by atoms with Gasteiger partial charge in [-0.25, -0.2) is 4.39 Å². The summed E-state index contributed by atoms with van der Waals surface area (Å²) in [4.78, 5) is 40.5. The molecule has 1 N–H and O–H groups in total. The highest BCUT2D eigenvalue weighted by atomic mass is 32.2. The Morgan fingerprint density at radius 1 is 1.25 bits per heavy atom. The number of aryl methyl sites for hydroxylation is 1. The van der Waals surface area contributed by atoms with E-state index in [9.17, 15) is 18.8 Å². The third-order valence-corrected chi connectivity index (χ3v) is 6.80. The van der Waals surface area contributed by atoms with Crippen molar-refractivity contribution in [2.24, 2.45) is 11.8 Å². The van der Waals surface area contributed by atoms with Crippen LogP contribution in [0.1, 0.15) is 37.9 Å². The molecule has 1 saturated heterocycles. The number of likely N-dealkylation sites (tertiary alicyclic amines) is 1. The molecule has 2 aliphatic rings. The molecule has 32 heavy (non-hydrogen) atoms. The summed E-state index contributed by atoms with van der Waals surface area (Å²) in [7, 11) is 0. The van der Waals surface area contributed by atoms with Crippen LogP contribution in [0.3, 0.4) is 0 Å². The standard InChI is InChI=1S/C21H25FN6O3S/c1-12-24-25-26-28(12)18-11-13(7-8-16(18)22)23-19(29)17(9-10-32-2)27-20(30)14-5-3-4-6-15(14)21(27)31/h7-8,11,14-15,17H,3-6,9-10H2,1-2H3,(H,23,29). The minimum Gasteiger partial charge on any atom is -0.324 e. The fourth-order valence-electron chi connectivity index (χ4n) is 4.53. The number of anilines is 1. The number of thioether (sulfide) groups is 1. The Balaban J connectivity index is 1.59. The number of benzene rings is 1. The van der Waals surface area contributed by atoms with Crippen molar-refractivity contribution in [3.8, 4) is 5.69 Å². The lowest BCUT2D eigenvalue weighted by molar-refractivity contribution is -0.146. The van der Waals surface area contributed by atoms with Crippen molar-refractivity contribution >= 4 is 35.2 Å². The van der Waals surface area contributed by atoms with Gasteiger partial charge in [-0.2, -0.15) is 16.4 Å². The smallest absolute Gasteiger partial charge is 0.247 e. The summed E-state index contributed by atoms with van der Waals surface area (Å²) in [6.07, 6.45) is 5.48. The van der Waals surface area contributed by atoms with Crippen molar-refractivity contribution in [3.63, 3.8) is 0 Å². The van der Waals surface area contributed by atoms with Crippen LogP contribution in [0.5, 0.6) is 0 Å². The second-order valence-corrected chi connectivity index (χ2v) is 9.12. The number of tetrazole rings is 1. The van der Waals surface area contributed by atoms with Crippen LogP contribution in [0, 0.1) is 24.6 Å². The Morgan fingerprint density at radius 3 is 2.53 bits per heavy atom. The van der Waals surface area contributed by atoms with E-state index < -0.39 is 17.8 Å². The van der Waals surface area contributed by atoms with Crippen LogP contribution in [0.25, 0.3) is 5.69 Å². The van der Waals surface area contributed by atoms with Crippen LogP contribution in [0.4, 0.5) is 10.1 Å². The zero-order valence-corrected chi connectivity index (χ0v) is 18.8. The second kappa shape index (κ2) is 9.35. The zero-order chi connectivity index (χ0) is 22.8. The largest absolute Gasteiger partial charge is 0.324 e. The molecule has 2 aromatic rings. The van der Waals surface area contributed by atoms with Gasteiger partial charge in [0.05, 0.1) is 11.8 Å². The van der Waals surface area contributed by atoms with Crippen LogP contribution < -0.4 is 5.32 Å². The van der Waals surface area contributed by atoms with Crippen molar-refractivity contribution < 1.29 is 18.8 Å². The summed E-state index contributed by atoms with van der Waals surface area (Å²) in [5.41, 5.74) is 0.414. The number of rotatable bonds is 7. The van der Waals surface area contributed by atoms with Crippen LogP contribution >= 0.6 is 11.8 Å². The summed E-state index contributed by atoms with van der Waals surface area (Å²) in [5.74, 6) is -1.14. The van der Waals surface area contributed by atoms with Gasteiger partial charge in [0, 0.05) is 5.69 Å². The Bertz CT molecular complexity index is 1020. The first-order chi connectivity index (χ1) is 15.4. The number of carbonyl (C=O) groups is 3. The highest BCUT2D eigenvalue weighted by Crippen LogP contribution is 2.39. The van der Waals surface area contributed by atoms with Gasteiger partial charge in [0.2, 0.25) is 17.7 Å². The van der Waals surface area contributed by atoms with E-state index in [2.05, 4.69) is 20.8 Å². The van der Waals surface area contributed by atoms with Gasteiger partial charge in [0.1, 0.15) is 17.5 Å². The maximum Gasteiger partial charge on any atom is 0.247 e. The molecule has 3 unspecified atom stereocenters. The SMILES string of the molecule is CSCCC(C(=O)Nc1ccc(F)c(-n2nnnc2C)c1)N1C(=O)C2CCCCC2C1=O. The van der Waals surface area contributed by atoms with Crippen LogP contribution in [-0.2, 0) is 14.4 Å². The molecule has 3 atom stereocenters. The number of nitrogens with one attached hydrogen (secondary N) is 1. The van der Waals surface area contributed by atoms with Gasteiger partial charge in [-0.3, -0.25) is 19.3 Å². The van der Waals surface area contributed by atoms with Gasteiger partial charge in [0.25, 0.3) is 0 Å². The second-order valence-electron chi connectivity index (χ2n) is 8.13. The van der Waals surface area contributed by atoms with Gasteiger partial charge in [-0.15, -0.1) is 5.10 Å². The Kier molecular flexibility index (Phi) is 6.54. The van der Waals surface area contributed by atoms with Crippen molar-refractivity contribution in [1.82, 2.24) is 25.1 Å². The Labute approximate surface area is 189 Å². The quantitative estimate of drug-likeness (QED) is 0.632. The first kappa shape index (κ1) is 22.4. The molecule has 1 saturated carbocycles. The summed E-state index contributed by atoms with van der Waals surface area (Å²) in [6.45, 7) is 1.63. The summed E-state index contributed by atoms with van der Waals surface area (Å²) in [5, 5.41) is 13.8. The molecule has 2 fully saturated rings. The molecule has 1 aliphatic heterocycles. The number of amides is 3. The highest BCUT2D eigenvalue weighted by molar-refractivity contribution is 7.98. The molecule has 11 heteroatoms. The van der Waals surface area contributed by atoms with Crippen LogP contribution in [0.15, 0.2) is 18.2 Å². The number of hydrogen-bond donors (Lipinski definition) is 1. The number of carbonyl (C=O) groups excluding carboxylic acids is 3. The van der Waals surface area contributed by atoms with Crippen molar-refractivity contribution in [2.45, 2.75) is 45.1 Å². The van der Waals surface area contributed by atoms with Crippen molar-refractivity contribution in [3.05, 3.63) is 29.8 Å². The zero-order valence-electron chi connectivity index (χ0n) is 18.0. The molecule has 170 valence electrons. The normalized spacial score (nSPS) is 21.5. The van der Waals surface area contributed by atoms with Crippen molar-refractivity contribution in [1.29, 1.82) is 0 Å². The fraction of sp³-hybridized carbons (Fsp3) is 0.524. The molecule has 1 aromatic heterocycles. The first-order valence-electron chi connectivity index (χ1n) is 10.6. The summed E-state index contributed by atoms with van der Waals surface area (Å²) >= 11 is 1.54. The van der Waals surface area contributed by atoms with Gasteiger partial charge in [0.15, 0.2) is 5.82 Å². The number of imide groups is 1. The van der Waals surface area contributed by atoms with E-state index in [-0.39, 0.29) is 29.3 Å². The van der Waals surface area contributed by atoms with Gasteiger partial charge in [-0.05, 0) is 66.8 Å². The molecule has 1 aliphatic carbocycles. The number of hydrogen-bond acceptors (Lipinski definition) is 7. The Hall–Kier alpha value is -2.82. The minimum absolute atomic E-state index is 0.0882. The monoisotopic (exact) mass is 460 g/mol. The lowest BCUT2D eigenvalue weighted by atomic mass is 9.81. The maximum absolute atomic E-state index is 14.4. The maximum atomic E-state index is 14.4. The predicted molar refractivity (Wildman–Crippen MR) is 117 cm³/mol. The van der Waals surface area contributed by atoms with E-state index in [1.165, 1.54) is 27.8 Å². The predicted octanol–water partition coefficient (Wildman–Crippen LogP) is 2.35. The van der Waals surface area contributed by atoms with Gasteiger partial charge in [-0.1, -0.05) is 12.8 Å². The third-order valence-electron chi connectivity index (χ3n) is 6.15. The first-order valence-corrected chi connectivity index (χ1v) is 12.0. The Morgan fingerprint density at radius 2 is 1.94 bits per heavy atom. The fourth-order valence-corrected chi connectivity index (χ4v) is 4.99. The number of halogens is 1. The lowest BCUT2D eigenvalue weighted by Gasteiger charge is -2.26. The third kappa shape index (κ3) is 4.13. The van der Waals surface area contributed by atoms with E-state index in [0.29, 0.717) is 36.5 Å². The molecular weight excluding hydrogens is 435 g/mol. The van der Waals surface area contributed by atoms with Crippen molar-refractivity contribution in [2.75, 3.05) is 17.3 Å². The van der Waals surface area contributed by atoms with Gasteiger partial charge >= 0.3 is 0 Å². The number of fused-ring (bicyclic) bond motifs is 1. The van der Waals surface area contributed by atoms with Crippen LogP contribution in [-0.4, -0.2) is 60.9 Å². The number of aromatic nitrogens is 4. The average molecular weight is 461 g/mol. The summed E-state index contributed by atoms with van der Waals surface area (Å²) < 4.78 is 15.6. The van der Waals surface area contributed by atoms with E-state index in [0.717, 1.165) is 12.8 Å². The minimum atomic E-state index is -0.906. The van der Waals surface area contributed by atoms with E-state index in [4.69, 9.17) is 0 Å². The molecule has 0 radical (unpaired) electrons. The van der Waals surface area contributed by atoms with E-state index in [1.807, 2.05) is 6.26 Å². The molecule has 4 rings (SSSR count). The number of nitrogens with zero attached hydrogens (tertiary/aromatic N) is 5. The molecule has 0 spiro atoms. The summed E-state index contributed by atoms with van der Waals surface area (Å²) in [6, 6.07) is 3.16. The molecule has 0 bridgehead atoms. The molecule has 9 nitrogen and oxygen atoms in total. The molecule has 2 heterocycles. The van der Waals surface area contributed by atoms with Crippen LogP contribution in [0.2, 0.25) is 0 Å². The molecule has 1 aromatic carbocycles. The molecule has 3 amide bonds. The topological polar surface area (TPSA) is 110 Å². The highest BCUT2D eigenvalue weighted by Gasteiger charge is 2.51. The molecular formula is C21H25FN6O3S. The van der Waals surface area contributed by atoms with Gasteiger partial charge < -0.3 is 5.32 Å². The van der Waals surface area contributed by atoms with E-state index in [1.54, 1.807) is 18.7 Å².